The quantitative estimate of drug-likeness (QED) is 0.848. The molecular weight excluding hydrogens is 234 g/mol. The standard InChI is InChI=1S/C16H31N3/c1-13(2)18-8-3-6-16(12-17,7-9-18)19-11-14-4-5-15(19)10-14/h13-15H,3-12,17H2,1-2H3. The number of hydrogen-bond donors (Lipinski definition) is 1. The highest BCUT2D eigenvalue weighted by molar-refractivity contribution is 5.04. The molecule has 3 atom stereocenters. The lowest BCUT2D eigenvalue weighted by atomic mass is 9.86. The van der Waals surface area contributed by atoms with Crippen LogP contribution < -0.4 is 5.73 Å². The predicted molar refractivity (Wildman–Crippen MR) is 80.2 cm³/mol. The molecular formula is C16H31N3. The van der Waals surface area contributed by atoms with Gasteiger partial charge >= 0.3 is 0 Å². The van der Waals surface area contributed by atoms with Gasteiger partial charge in [0.05, 0.1) is 0 Å². The molecule has 3 fully saturated rings. The molecule has 0 radical (unpaired) electrons. The molecule has 0 aromatic rings. The van der Waals surface area contributed by atoms with E-state index in [1.54, 1.807) is 0 Å². The Kier molecular flexibility index (Phi) is 3.89. The van der Waals surface area contributed by atoms with Crippen molar-refractivity contribution in [2.24, 2.45) is 11.7 Å². The lowest BCUT2D eigenvalue weighted by Gasteiger charge is -2.45. The third-order valence-corrected chi connectivity index (χ3v) is 6.08. The number of nitrogens with zero attached hydrogens (tertiary/aromatic N) is 2. The van der Waals surface area contributed by atoms with E-state index in [1.807, 2.05) is 0 Å². The van der Waals surface area contributed by atoms with Gasteiger partial charge in [-0.3, -0.25) is 4.90 Å². The van der Waals surface area contributed by atoms with E-state index in [1.165, 1.54) is 58.2 Å². The van der Waals surface area contributed by atoms with Crippen LogP contribution in [0.25, 0.3) is 0 Å². The second-order valence-corrected chi connectivity index (χ2v) is 7.40. The molecule has 2 bridgehead atoms. The van der Waals surface area contributed by atoms with Gasteiger partial charge in [-0.2, -0.15) is 0 Å². The van der Waals surface area contributed by atoms with Crippen molar-refractivity contribution in [2.45, 2.75) is 70.0 Å². The molecule has 110 valence electrons. The minimum Gasteiger partial charge on any atom is -0.329 e. The molecule has 2 aliphatic heterocycles. The van der Waals surface area contributed by atoms with Gasteiger partial charge in [-0.15, -0.1) is 0 Å². The maximum absolute atomic E-state index is 6.28. The van der Waals surface area contributed by atoms with Gasteiger partial charge in [0.15, 0.2) is 0 Å². The van der Waals surface area contributed by atoms with Crippen molar-refractivity contribution in [2.75, 3.05) is 26.2 Å². The highest BCUT2D eigenvalue weighted by Gasteiger charge is 2.48. The summed E-state index contributed by atoms with van der Waals surface area (Å²) in [7, 11) is 0. The second-order valence-electron chi connectivity index (χ2n) is 7.40. The molecule has 2 saturated heterocycles. The first-order chi connectivity index (χ1) is 9.14. The summed E-state index contributed by atoms with van der Waals surface area (Å²) in [6.45, 7) is 9.36. The van der Waals surface area contributed by atoms with E-state index in [4.69, 9.17) is 5.73 Å². The number of hydrogen-bond acceptors (Lipinski definition) is 3. The Balaban J connectivity index is 1.72. The van der Waals surface area contributed by atoms with Gasteiger partial charge in [0.25, 0.3) is 0 Å². The third-order valence-electron chi connectivity index (χ3n) is 6.08. The number of fused-ring (bicyclic) bond motifs is 2. The third kappa shape index (κ3) is 2.45. The van der Waals surface area contributed by atoms with Crippen molar-refractivity contribution >= 4 is 0 Å². The maximum Gasteiger partial charge on any atom is 0.0347 e. The number of nitrogens with two attached hydrogens (primary N) is 1. The minimum atomic E-state index is 0.323. The van der Waals surface area contributed by atoms with Crippen LogP contribution in [0.15, 0.2) is 0 Å². The topological polar surface area (TPSA) is 32.5 Å². The summed E-state index contributed by atoms with van der Waals surface area (Å²) in [5.74, 6) is 0.984. The van der Waals surface area contributed by atoms with Gasteiger partial charge in [0.1, 0.15) is 0 Å². The average molecular weight is 265 g/mol. The van der Waals surface area contributed by atoms with Crippen molar-refractivity contribution < 1.29 is 0 Å². The van der Waals surface area contributed by atoms with E-state index in [0.717, 1.165) is 18.5 Å². The molecule has 3 unspecified atom stereocenters. The summed E-state index contributed by atoms with van der Waals surface area (Å²) in [6, 6.07) is 1.54. The highest BCUT2D eigenvalue weighted by Crippen LogP contribution is 2.44. The molecule has 0 amide bonds. The minimum absolute atomic E-state index is 0.323. The van der Waals surface area contributed by atoms with Crippen LogP contribution in [0.3, 0.4) is 0 Å². The summed E-state index contributed by atoms with van der Waals surface area (Å²) in [4.78, 5) is 5.48. The van der Waals surface area contributed by atoms with Crippen molar-refractivity contribution in [3.8, 4) is 0 Å². The van der Waals surface area contributed by atoms with Crippen molar-refractivity contribution in [3.63, 3.8) is 0 Å². The first-order valence-corrected chi connectivity index (χ1v) is 8.35. The van der Waals surface area contributed by atoms with Crippen molar-refractivity contribution in [1.29, 1.82) is 0 Å². The maximum atomic E-state index is 6.28. The van der Waals surface area contributed by atoms with Crippen LogP contribution in [0, 0.1) is 5.92 Å². The van der Waals surface area contributed by atoms with Crippen LogP contribution in [-0.4, -0.2) is 53.6 Å². The van der Waals surface area contributed by atoms with Gasteiger partial charge in [-0.05, 0) is 64.8 Å². The molecule has 3 heteroatoms. The van der Waals surface area contributed by atoms with Crippen molar-refractivity contribution in [1.82, 2.24) is 9.80 Å². The van der Waals surface area contributed by atoms with Crippen LogP contribution in [-0.2, 0) is 0 Å². The fraction of sp³-hybridized carbons (Fsp3) is 1.00. The Morgan fingerprint density at radius 1 is 1.21 bits per heavy atom. The molecule has 0 aromatic carbocycles. The lowest BCUT2D eigenvalue weighted by Crippen LogP contribution is -2.57. The molecule has 0 spiro atoms. The Bertz CT molecular complexity index is 317. The average Bonchev–Trinajstić information content (AvgIpc) is 2.96. The van der Waals surface area contributed by atoms with Gasteiger partial charge in [-0.1, -0.05) is 0 Å². The zero-order valence-electron chi connectivity index (χ0n) is 12.8. The number of piperidine rings is 1. The molecule has 3 aliphatic rings. The molecule has 0 aromatic heterocycles. The molecule has 19 heavy (non-hydrogen) atoms. The second kappa shape index (κ2) is 5.34. The van der Waals surface area contributed by atoms with E-state index in [0.29, 0.717) is 11.6 Å². The molecule has 3 rings (SSSR count). The zero-order chi connectivity index (χ0) is 13.5. The largest absolute Gasteiger partial charge is 0.329 e. The van der Waals surface area contributed by atoms with Crippen LogP contribution in [0.1, 0.15) is 52.4 Å². The van der Waals surface area contributed by atoms with E-state index in [-0.39, 0.29) is 0 Å². The molecule has 2 heterocycles. The normalized spacial score (nSPS) is 41.1. The van der Waals surface area contributed by atoms with E-state index < -0.39 is 0 Å². The summed E-state index contributed by atoms with van der Waals surface area (Å²) in [6.07, 6.45) is 8.28. The fourth-order valence-electron chi connectivity index (χ4n) is 4.83. The Morgan fingerprint density at radius 2 is 2.05 bits per heavy atom. The SMILES string of the molecule is CC(C)N1CCCC(CN)(N2CC3CCC2C3)CC1. The Labute approximate surface area is 118 Å². The Morgan fingerprint density at radius 3 is 2.63 bits per heavy atom. The van der Waals surface area contributed by atoms with E-state index in [9.17, 15) is 0 Å². The smallest absolute Gasteiger partial charge is 0.0347 e. The monoisotopic (exact) mass is 265 g/mol. The molecule has 3 nitrogen and oxygen atoms in total. The lowest BCUT2D eigenvalue weighted by molar-refractivity contribution is 0.0467. The molecule has 1 aliphatic carbocycles. The molecule has 1 saturated carbocycles. The van der Waals surface area contributed by atoms with Gasteiger partial charge < -0.3 is 10.6 Å². The summed E-state index contributed by atoms with van der Waals surface area (Å²) >= 11 is 0. The Hall–Kier alpha value is -0.120. The summed E-state index contributed by atoms with van der Waals surface area (Å²) < 4.78 is 0. The first kappa shape index (κ1) is 13.8. The van der Waals surface area contributed by atoms with Crippen LogP contribution in [0.2, 0.25) is 0 Å². The zero-order valence-corrected chi connectivity index (χ0v) is 12.8. The van der Waals surface area contributed by atoms with Crippen LogP contribution >= 0.6 is 0 Å². The van der Waals surface area contributed by atoms with Crippen LogP contribution in [0.4, 0.5) is 0 Å². The van der Waals surface area contributed by atoms with Crippen molar-refractivity contribution in [3.05, 3.63) is 0 Å². The van der Waals surface area contributed by atoms with E-state index in [2.05, 4.69) is 23.6 Å². The van der Waals surface area contributed by atoms with Gasteiger partial charge in [0, 0.05) is 37.3 Å². The van der Waals surface area contributed by atoms with E-state index >= 15 is 0 Å². The summed E-state index contributed by atoms with van der Waals surface area (Å²) in [5.41, 5.74) is 6.60. The number of likely N-dealkylation sites (tertiary alicyclic amines) is 2. The number of rotatable bonds is 3. The predicted octanol–water partition coefficient (Wildman–Crippen LogP) is 2.06. The van der Waals surface area contributed by atoms with Gasteiger partial charge in [0.2, 0.25) is 0 Å². The first-order valence-electron chi connectivity index (χ1n) is 8.35. The molecule has 2 N–H and O–H groups in total. The van der Waals surface area contributed by atoms with Crippen LogP contribution in [0.5, 0.6) is 0 Å². The highest BCUT2D eigenvalue weighted by atomic mass is 15.3. The fourth-order valence-corrected chi connectivity index (χ4v) is 4.83. The summed E-state index contributed by atoms with van der Waals surface area (Å²) in [5, 5.41) is 0. The van der Waals surface area contributed by atoms with Gasteiger partial charge in [-0.25, -0.2) is 0 Å².